The van der Waals surface area contributed by atoms with Crippen LogP contribution < -0.4 is 15.0 Å². The van der Waals surface area contributed by atoms with Gasteiger partial charge in [-0.25, -0.2) is 4.79 Å². The first-order chi connectivity index (χ1) is 17.1. The van der Waals surface area contributed by atoms with Crippen LogP contribution in [0.5, 0.6) is 5.75 Å². The van der Waals surface area contributed by atoms with Crippen molar-refractivity contribution in [3.8, 4) is 17.1 Å². The first kappa shape index (κ1) is 22.6. The number of furan rings is 1. The third kappa shape index (κ3) is 4.24. The van der Waals surface area contributed by atoms with Crippen molar-refractivity contribution in [1.82, 2.24) is 10.3 Å². The lowest BCUT2D eigenvalue weighted by molar-refractivity contribution is 0.0601. The minimum atomic E-state index is -0.424. The number of carbonyl (C=O) groups excluding carboxylic acids is 1. The zero-order valence-electron chi connectivity index (χ0n) is 19.2. The summed E-state index contributed by atoms with van der Waals surface area (Å²) in [6, 6.07) is 23.9. The number of rotatable bonds is 6. The van der Waals surface area contributed by atoms with Gasteiger partial charge in [-0.3, -0.25) is 4.98 Å². The Morgan fingerprint density at radius 1 is 1.03 bits per heavy atom. The van der Waals surface area contributed by atoms with Gasteiger partial charge in [0.05, 0.1) is 31.5 Å². The summed E-state index contributed by atoms with van der Waals surface area (Å²) in [5, 5.41) is 3.96. The second-order valence-electron chi connectivity index (χ2n) is 7.94. The van der Waals surface area contributed by atoms with Gasteiger partial charge in [0.25, 0.3) is 0 Å². The van der Waals surface area contributed by atoms with Gasteiger partial charge in [-0.15, -0.1) is 0 Å². The fourth-order valence-electron chi connectivity index (χ4n) is 4.32. The summed E-state index contributed by atoms with van der Waals surface area (Å²) in [7, 11) is 2.99. The number of nitrogens with zero attached hydrogens (tertiary/aromatic N) is 2. The largest absolute Gasteiger partial charge is 0.497 e. The Bertz CT molecular complexity index is 1370. The minimum absolute atomic E-state index is 0.259. The van der Waals surface area contributed by atoms with Crippen LogP contribution in [0.2, 0.25) is 0 Å². The molecule has 8 heteroatoms. The summed E-state index contributed by atoms with van der Waals surface area (Å²) < 4.78 is 16.8. The molecule has 0 saturated carbocycles. The fraction of sp³-hybridized carbons (Fsp3) is 0.148. The highest BCUT2D eigenvalue weighted by molar-refractivity contribution is 7.80. The van der Waals surface area contributed by atoms with Crippen molar-refractivity contribution in [2.45, 2.75) is 12.1 Å². The van der Waals surface area contributed by atoms with E-state index in [1.54, 1.807) is 25.4 Å². The highest BCUT2D eigenvalue weighted by atomic mass is 32.1. The Kier molecular flexibility index (Phi) is 6.20. The molecule has 4 aromatic rings. The lowest BCUT2D eigenvalue weighted by atomic mass is 10.0. The van der Waals surface area contributed by atoms with Gasteiger partial charge in [-0.2, -0.15) is 0 Å². The Morgan fingerprint density at radius 3 is 2.63 bits per heavy atom. The highest BCUT2D eigenvalue weighted by Gasteiger charge is 2.42. The van der Waals surface area contributed by atoms with Gasteiger partial charge in [0.1, 0.15) is 23.3 Å². The molecule has 3 heterocycles. The molecule has 1 fully saturated rings. The molecule has 0 bridgehead atoms. The summed E-state index contributed by atoms with van der Waals surface area (Å²) in [6.07, 6.45) is 1.76. The molecule has 35 heavy (non-hydrogen) atoms. The van der Waals surface area contributed by atoms with Crippen molar-refractivity contribution in [3.63, 3.8) is 0 Å². The molecule has 176 valence electrons. The van der Waals surface area contributed by atoms with Gasteiger partial charge >= 0.3 is 5.97 Å². The van der Waals surface area contributed by atoms with Gasteiger partial charge in [0.2, 0.25) is 0 Å². The van der Waals surface area contributed by atoms with Crippen LogP contribution in [0.25, 0.3) is 11.3 Å². The summed E-state index contributed by atoms with van der Waals surface area (Å²) >= 11 is 5.77. The first-order valence-corrected chi connectivity index (χ1v) is 11.4. The molecule has 1 saturated heterocycles. The van der Waals surface area contributed by atoms with Crippen molar-refractivity contribution in [1.29, 1.82) is 0 Å². The summed E-state index contributed by atoms with van der Waals surface area (Å²) in [4.78, 5) is 18.9. The predicted molar refractivity (Wildman–Crippen MR) is 136 cm³/mol. The van der Waals surface area contributed by atoms with Crippen LogP contribution in [0, 0.1) is 0 Å². The molecule has 7 nitrogen and oxygen atoms in total. The Hall–Kier alpha value is -4.17. The van der Waals surface area contributed by atoms with E-state index in [2.05, 4.69) is 10.3 Å². The molecule has 0 unspecified atom stereocenters. The third-order valence-corrected chi connectivity index (χ3v) is 6.26. The monoisotopic (exact) mass is 485 g/mol. The van der Waals surface area contributed by atoms with Crippen LogP contribution in [0.15, 0.2) is 89.5 Å². The number of hydrogen-bond acceptors (Lipinski definition) is 6. The zero-order valence-corrected chi connectivity index (χ0v) is 20.0. The number of pyridine rings is 1. The molecule has 0 amide bonds. The van der Waals surface area contributed by atoms with Crippen LogP contribution in [0.4, 0.5) is 5.69 Å². The Labute approximate surface area is 208 Å². The third-order valence-electron chi connectivity index (χ3n) is 5.95. The van der Waals surface area contributed by atoms with Crippen LogP contribution in [-0.2, 0) is 4.74 Å². The molecule has 2 atom stereocenters. The zero-order chi connectivity index (χ0) is 24.4. The topological polar surface area (TPSA) is 76.8 Å². The van der Waals surface area contributed by atoms with E-state index >= 15 is 0 Å². The number of methoxy groups -OCH3 is 2. The van der Waals surface area contributed by atoms with Crippen LogP contribution in [0.1, 0.15) is 33.9 Å². The number of carbonyl (C=O) groups is 1. The normalized spacial score (nSPS) is 17.2. The molecular formula is C27H23N3O4S. The van der Waals surface area contributed by atoms with Gasteiger partial charge in [0, 0.05) is 23.5 Å². The van der Waals surface area contributed by atoms with Gasteiger partial charge in [0.15, 0.2) is 5.11 Å². The lowest BCUT2D eigenvalue weighted by Gasteiger charge is -2.26. The van der Waals surface area contributed by atoms with Crippen LogP contribution in [0.3, 0.4) is 0 Å². The summed E-state index contributed by atoms with van der Waals surface area (Å²) in [6.45, 7) is 0. The number of aromatic nitrogens is 1. The van der Waals surface area contributed by atoms with Crippen molar-refractivity contribution in [2.24, 2.45) is 0 Å². The number of esters is 1. The minimum Gasteiger partial charge on any atom is -0.497 e. The van der Waals surface area contributed by atoms with E-state index in [-0.39, 0.29) is 12.1 Å². The summed E-state index contributed by atoms with van der Waals surface area (Å²) in [5.74, 6) is 1.53. The van der Waals surface area contributed by atoms with Crippen molar-refractivity contribution in [3.05, 3.63) is 102 Å². The molecule has 0 spiro atoms. The molecule has 5 rings (SSSR count). The number of ether oxygens (including phenoxy) is 2. The molecule has 2 aromatic carbocycles. The van der Waals surface area contributed by atoms with Gasteiger partial charge in [-0.1, -0.05) is 30.3 Å². The SMILES string of the molecule is COC(=O)c1ccccc1-c1ccc([C@H]2[C@H](c3ccccn3)NC(=S)N2c2cccc(OC)c2)o1. The standard InChI is InChI=1S/C27H23N3O4S/c1-32-18-9-7-8-17(16-18)30-25(24(29-27(30)35)21-12-5-6-15-28-21)23-14-13-22(34-23)19-10-3-4-11-20(19)26(31)33-2/h3-16,24-25H,1-2H3,(H,29,35)/t24-,25-/m0/s1. The quantitative estimate of drug-likeness (QED) is 0.291. The van der Waals surface area contributed by atoms with E-state index in [4.69, 9.17) is 26.1 Å². The van der Waals surface area contributed by atoms with Crippen LogP contribution in [-0.4, -0.2) is 30.3 Å². The smallest absolute Gasteiger partial charge is 0.338 e. The van der Waals surface area contributed by atoms with Crippen LogP contribution >= 0.6 is 12.2 Å². The molecule has 1 N–H and O–H groups in total. The average molecular weight is 486 g/mol. The highest BCUT2D eigenvalue weighted by Crippen LogP contribution is 2.43. The van der Waals surface area contributed by atoms with E-state index in [1.165, 1.54) is 7.11 Å². The molecule has 1 aliphatic heterocycles. The van der Waals surface area contributed by atoms with Crippen molar-refractivity contribution in [2.75, 3.05) is 19.1 Å². The van der Waals surface area contributed by atoms with E-state index in [9.17, 15) is 4.79 Å². The maximum atomic E-state index is 12.3. The summed E-state index contributed by atoms with van der Waals surface area (Å²) in [5.41, 5.74) is 2.78. The van der Waals surface area contributed by atoms with Crippen molar-refractivity contribution < 1.29 is 18.7 Å². The lowest BCUT2D eigenvalue weighted by Crippen LogP contribution is -2.29. The molecule has 2 aromatic heterocycles. The van der Waals surface area contributed by atoms with E-state index < -0.39 is 5.97 Å². The number of hydrogen-bond donors (Lipinski definition) is 1. The van der Waals surface area contributed by atoms with E-state index in [0.717, 1.165) is 17.1 Å². The van der Waals surface area contributed by atoms with Crippen molar-refractivity contribution >= 4 is 29.0 Å². The van der Waals surface area contributed by atoms with Gasteiger partial charge < -0.3 is 24.1 Å². The Balaban J connectivity index is 1.61. The van der Waals surface area contributed by atoms with Gasteiger partial charge in [-0.05, 0) is 54.7 Å². The molecular weight excluding hydrogens is 462 g/mol. The Morgan fingerprint density at radius 2 is 1.86 bits per heavy atom. The predicted octanol–water partition coefficient (Wildman–Crippen LogP) is 5.31. The second kappa shape index (κ2) is 9.60. The van der Waals surface area contributed by atoms with E-state index in [1.807, 2.05) is 71.6 Å². The number of anilines is 1. The second-order valence-corrected chi connectivity index (χ2v) is 8.32. The molecule has 1 aliphatic rings. The first-order valence-electron chi connectivity index (χ1n) is 11.0. The number of nitrogens with one attached hydrogen (secondary N) is 1. The number of thiocarbonyl (C=S) groups is 1. The fourth-order valence-corrected chi connectivity index (χ4v) is 4.67. The van der Waals surface area contributed by atoms with E-state index in [0.29, 0.717) is 27.8 Å². The molecule has 0 radical (unpaired) electrons. The average Bonchev–Trinajstić information content (AvgIpc) is 3.53. The number of benzene rings is 2. The maximum absolute atomic E-state index is 12.3. The molecule has 0 aliphatic carbocycles. The maximum Gasteiger partial charge on any atom is 0.338 e.